The van der Waals surface area contributed by atoms with E-state index in [1.54, 1.807) is 28.2 Å². The fourth-order valence-corrected chi connectivity index (χ4v) is 4.74. The molecule has 6 heteroatoms. The van der Waals surface area contributed by atoms with Crippen molar-refractivity contribution in [1.29, 1.82) is 0 Å². The molecule has 1 N–H and O–H groups in total. The highest BCUT2D eigenvalue weighted by molar-refractivity contribution is 7.16. The Bertz CT molecular complexity index is 836. The monoisotopic (exact) mass is 358 g/mol. The Hall–Kier alpha value is -1.76. The van der Waals surface area contributed by atoms with Crippen molar-refractivity contribution in [2.45, 2.75) is 18.3 Å². The number of carbonyl (C=O) groups excluding carboxylic acids is 1. The summed E-state index contributed by atoms with van der Waals surface area (Å²) in [6.45, 7) is 2.14. The number of amides is 1. The molecule has 1 saturated heterocycles. The lowest BCUT2D eigenvalue weighted by molar-refractivity contribution is 0.0488. The molecule has 1 aliphatic heterocycles. The van der Waals surface area contributed by atoms with Crippen LogP contribution in [0.1, 0.15) is 28.8 Å². The van der Waals surface area contributed by atoms with Gasteiger partial charge in [-0.25, -0.2) is 4.98 Å². The van der Waals surface area contributed by atoms with E-state index in [1.807, 2.05) is 18.2 Å². The summed E-state index contributed by atoms with van der Waals surface area (Å²) < 4.78 is 6.58. The third-order valence-corrected chi connectivity index (χ3v) is 6.24. The van der Waals surface area contributed by atoms with Crippen molar-refractivity contribution in [3.8, 4) is 0 Å². The van der Waals surface area contributed by atoms with Crippen molar-refractivity contribution in [1.82, 2.24) is 10.3 Å². The zero-order valence-electron chi connectivity index (χ0n) is 13.2. The second-order valence-electron chi connectivity index (χ2n) is 6.12. The summed E-state index contributed by atoms with van der Waals surface area (Å²) in [4.78, 5) is 16.9. The number of nitrogens with one attached hydrogen (secondary N) is 1. The smallest absolute Gasteiger partial charge is 0.251 e. The number of carbonyl (C=O) groups is 1. The van der Waals surface area contributed by atoms with Gasteiger partial charge in [-0.15, -0.1) is 11.3 Å². The highest BCUT2D eigenvalue weighted by Gasteiger charge is 2.35. The van der Waals surface area contributed by atoms with E-state index in [1.165, 1.54) is 5.56 Å². The molecule has 0 aliphatic carbocycles. The van der Waals surface area contributed by atoms with Gasteiger partial charge in [0.2, 0.25) is 0 Å². The number of hydrogen-bond donors (Lipinski definition) is 1. The predicted octanol–water partition coefficient (Wildman–Crippen LogP) is 3.84. The molecule has 0 atom stereocenters. The molecular formula is C18H18N2O2S2. The van der Waals surface area contributed by atoms with Crippen LogP contribution < -0.4 is 5.32 Å². The summed E-state index contributed by atoms with van der Waals surface area (Å²) in [7, 11) is 0. The number of aromatic nitrogens is 1. The van der Waals surface area contributed by atoms with Crippen molar-refractivity contribution in [2.75, 3.05) is 19.8 Å². The van der Waals surface area contributed by atoms with Gasteiger partial charge in [0.15, 0.2) is 0 Å². The van der Waals surface area contributed by atoms with Crippen LogP contribution in [0.2, 0.25) is 0 Å². The lowest BCUT2D eigenvalue weighted by Crippen LogP contribution is -2.44. The van der Waals surface area contributed by atoms with Gasteiger partial charge >= 0.3 is 0 Å². The number of nitrogens with zero attached hydrogens (tertiary/aromatic N) is 1. The molecular weight excluding hydrogens is 340 g/mol. The Balaban J connectivity index is 1.52. The van der Waals surface area contributed by atoms with Gasteiger partial charge in [0, 0.05) is 30.7 Å². The maximum atomic E-state index is 12.6. The Morgan fingerprint density at radius 1 is 1.29 bits per heavy atom. The zero-order chi connectivity index (χ0) is 16.4. The second-order valence-corrected chi connectivity index (χ2v) is 7.79. The van der Waals surface area contributed by atoms with Gasteiger partial charge in [-0.1, -0.05) is 0 Å². The topological polar surface area (TPSA) is 51.2 Å². The normalized spacial score (nSPS) is 17.0. The highest BCUT2D eigenvalue weighted by Crippen LogP contribution is 2.35. The van der Waals surface area contributed by atoms with Crippen molar-refractivity contribution >= 4 is 38.8 Å². The van der Waals surface area contributed by atoms with E-state index in [2.05, 4.69) is 27.1 Å². The lowest BCUT2D eigenvalue weighted by Gasteiger charge is -2.37. The summed E-state index contributed by atoms with van der Waals surface area (Å²) in [6.07, 6.45) is 1.88. The zero-order valence-corrected chi connectivity index (χ0v) is 14.8. The molecule has 1 aliphatic rings. The molecule has 0 saturated carbocycles. The molecule has 1 aromatic carbocycles. The molecule has 0 spiro atoms. The molecule has 3 heterocycles. The molecule has 3 aromatic rings. The quantitative estimate of drug-likeness (QED) is 0.771. The molecule has 4 nitrogen and oxygen atoms in total. The van der Waals surface area contributed by atoms with E-state index >= 15 is 0 Å². The molecule has 24 heavy (non-hydrogen) atoms. The second kappa shape index (κ2) is 6.63. The van der Waals surface area contributed by atoms with Crippen molar-refractivity contribution in [3.63, 3.8) is 0 Å². The van der Waals surface area contributed by atoms with E-state index in [0.717, 1.165) is 36.3 Å². The van der Waals surface area contributed by atoms with Gasteiger partial charge in [-0.05, 0) is 53.4 Å². The Labute approximate surface area is 148 Å². The summed E-state index contributed by atoms with van der Waals surface area (Å²) >= 11 is 3.26. The van der Waals surface area contributed by atoms with E-state index in [9.17, 15) is 4.79 Å². The average molecular weight is 358 g/mol. The Kier molecular flexibility index (Phi) is 4.35. The molecule has 124 valence electrons. The van der Waals surface area contributed by atoms with E-state index in [-0.39, 0.29) is 11.3 Å². The van der Waals surface area contributed by atoms with Crippen LogP contribution in [0, 0.1) is 0 Å². The fourth-order valence-electron chi connectivity index (χ4n) is 3.24. The standard InChI is InChI=1S/C18H18N2O2S2/c21-17(13-1-2-15-16(9-13)24-12-20-15)19-11-18(4-6-22-7-5-18)14-3-8-23-10-14/h1-3,8-10,12H,4-7,11H2,(H,19,21). The van der Waals surface area contributed by atoms with Gasteiger partial charge in [0.05, 0.1) is 15.7 Å². The van der Waals surface area contributed by atoms with E-state index < -0.39 is 0 Å². The molecule has 4 rings (SSSR count). The Morgan fingerprint density at radius 2 is 2.17 bits per heavy atom. The molecule has 0 radical (unpaired) electrons. The minimum Gasteiger partial charge on any atom is -0.381 e. The Morgan fingerprint density at radius 3 is 2.96 bits per heavy atom. The predicted molar refractivity (Wildman–Crippen MR) is 98.0 cm³/mol. The van der Waals surface area contributed by atoms with Crippen LogP contribution in [0.15, 0.2) is 40.5 Å². The van der Waals surface area contributed by atoms with Crippen LogP contribution in [0.3, 0.4) is 0 Å². The highest BCUT2D eigenvalue weighted by atomic mass is 32.1. The lowest BCUT2D eigenvalue weighted by atomic mass is 9.75. The number of hydrogen-bond acceptors (Lipinski definition) is 5. The van der Waals surface area contributed by atoms with Crippen LogP contribution in [0.5, 0.6) is 0 Å². The third kappa shape index (κ3) is 2.97. The maximum Gasteiger partial charge on any atom is 0.251 e. The van der Waals surface area contributed by atoms with Crippen molar-refractivity contribution < 1.29 is 9.53 Å². The minimum atomic E-state index is -0.0219. The average Bonchev–Trinajstić information content (AvgIpc) is 3.31. The van der Waals surface area contributed by atoms with Crippen LogP contribution in [0.25, 0.3) is 10.2 Å². The fraction of sp³-hybridized carbons (Fsp3) is 0.333. The first-order valence-electron chi connectivity index (χ1n) is 7.99. The summed E-state index contributed by atoms with van der Waals surface area (Å²) in [5, 5.41) is 7.45. The van der Waals surface area contributed by atoms with E-state index in [4.69, 9.17) is 4.74 Å². The van der Waals surface area contributed by atoms with Crippen LogP contribution in [0.4, 0.5) is 0 Å². The number of rotatable bonds is 4. The molecule has 1 fully saturated rings. The van der Waals surface area contributed by atoms with Gasteiger partial charge < -0.3 is 10.1 Å². The van der Waals surface area contributed by atoms with Crippen LogP contribution in [-0.2, 0) is 10.2 Å². The van der Waals surface area contributed by atoms with Gasteiger partial charge in [-0.3, -0.25) is 4.79 Å². The first-order chi connectivity index (χ1) is 11.8. The summed E-state index contributed by atoms with van der Waals surface area (Å²) in [5.41, 5.74) is 4.74. The number of fused-ring (bicyclic) bond motifs is 1. The van der Waals surface area contributed by atoms with Crippen molar-refractivity contribution in [2.24, 2.45) is 0 Å². The van der Waals surface area contributed by atoms with Crippen LogP contribution >= 0.6 is 22.7 Å². The molecule has 2 aromatic heterocycles. The molecule has 0 unspecified atom stereocenters. The number of ether oxygens (including phenoxy) is 1. The van der Waals surface area contributed by atoms with Gasteiger partial charge in [0.1, 0.15) is 0 Å². The van der Waals surface area contributed by atoms with E-state index in [0.29, 0.717) is 12.1 Å². The van der Waals surface area contributed by atoms with Gasteiger partial charge in [-0.2, -0.15) is 11.3 Å². The summed E-state index contributed by atoms with van der Waals surface area (Å²) in [5.74, 6) is -0.0219. The number of thiophene rings is 1. The van der Waals surface area contributed by atoms with Gasteiger partial charge in [0.25, 0.3) is 5.91 Å². The minimum absolute atomic E-state index is 0.0114. The third-order valence-electron chi connectivity index (χ3n) is 4.76. The largest absolute Gasteiger partial charge is 0.381 e. The van der Waals surface area contributed by atoms with Crippen LogP contribution in [-0.4, -0.2) is 30.6 Å². The SMILES string of the molecule is O=C(NCC1(c2ccsc2)CCOCC1)c1ccc2ncsc2c1. The first-order valence-corrected chi connectivity index (χ1v) is 9.81. The molecule has 1 amide bonds. The maximum absolute atomic E-state index is 12.6. The summed E-state index contributed by atoms with van der Waals surface area (Å²) in [6, 6.07) is 7.84. The number of benzene rings is 1. The number of thiazole rings is 1. The van der Waals surface area contributed by atoms with Crippen molar-refractivity contribution in [3.05, 3.63) is 51.7 Å². The first kappa shape index (κ1) is 15.7. The molecule has 0 bridgehead atoms.